The van der Waals surface area contributed by atoms with Crippen molar-refractivity contribution in [2.24, 2.45) is 0 Å². The Morgan fingerprint density at radius 3 is 2.77 bits per heavy atom. The molecule has 1 aliphatic rings. The van der Waals surface area contributed by atoms with E-state index in [2.05, 4.69) is 0 Å². The van der Waals surface area contributed by atoms with E-state index < -0.39 is 0 Å². The largest absolute Gasteiger partial charge is 0.497 e. The molecular formula is C17H16O4S. The van der Waals surface area contributed by atoms with Crippen LogP contribution in [-0.4, -0.2) is 31.9 Å². The van der Waals surface area contributed by atoms with E-state index in [1.165, 1.54) is 11.8 Å². The normalized spacial score (nSPS) is 12.8. The molecule has 1 heterocycles. The molecule has 0 N–H and O–H groups in total. The van der Waals surface area contributed by atoms with Crippen molar-refractivity contribution in [2.45, 2.75) is 4.90 Å². The quantitative estimate of drug-likeness (QED) is 0.624. The molecule has 0 saturated carbocycles. The van der Waals surface area contributed by atoms with E-state index >= 15 is 0 Å². The average Bonchev–Trinajstić information content (AvgIpc) is 2.59. The molecule has 0 aliphatic carbocycles. The summed E-state index contributed by atoms with van der Waals surface area (Å²) in [6.45, 7) is 1.14. The van der Waals surface area contributed by atoms with Gasteiger partial charge in [0.15, 0.2) is 17.3 Å². The molecule has 22 heavy (non-hydrogen) atoms. The number of Topliss-reactive ketones (excluding diaryl/α,β-unsaturated/α-hetero) is 1. The van der Waals surface area contributed by atoms with Crippen molar-refractivity contribution < 1.29 is 19.0 Å². The molecule has 0 saturated heterocycles. The molecule has 0 spiro atoms. The lowest BCUT2D eigenvalue weighted by Crippen LogP contribution is -2.15. The summed E-state index contributed by atoms with van der Waals surface area (Å²) in [5.74, 6) is 2.63. The molecule has 4 nitrogen and oxygen atoms in total. The van der Waals surface area contributed by atoms with Gasteiger partial charge in [0.05, 0.1) is 12.9 Å². The van der Waals surface area contributed by atoms with E-state index in [0.717, 1.165) is 16.4 Å². The number of hydrogen-bond acceptors (Lipinski definition) is 5. The third-order valence-corrected chi connectivity index (χ3v) is 4.27. The van der Waals surface area contributed by atoms with Crippen molar-refractivity contribution in [1.82, 2.24) is 0 Å². The summed E-state index contributed by atoms with van der Waals surface area (Å²) in [7, 11) is 1.59. The number of rotatable bonds is 5. The number of carbonyl (C=O) groups is 1. The number of benzene rings is 2. The summed E-state index contributed by atoms with van der Waals surface area (Å²) in [4.78, 5) is 13.2. The average molecular weight is 316 g/mol. The highest BCUT2D eigenvalue weighted by molar-refractivity contribution is 8.00. The Morgan fingerprint density at radius 2 is 1.95 bits per heavy atom. The Morgan fingerprint density at radius 1 is 1.14 bits per heavy atom. The summed E-state index contributed by atoms with van der Waals surface area (Å²) in [6, 6.07) is 12.9. The van der Waals surface area contributed by atoms with Gasteiger partial charge >= 0.3 is 0 Å². The number of carbonyl (C=O) groups excluding carboxylic acids is 1. The van der Waals surface area contributed by atoms with E-state index in [1.54, 1.807) is 19.2 Å². The zero-order chi connectivity index (χ0) is 15.4. The first kappa shape index (κ1) is 14.8. The second-order valence-corrected chi connectivity index (χ2v) is 5.80. The van der Waals surface area contributed by atoms with Gasteiger partial charge in [0.2, 0.25) is 0 Å². The van der Waals surface area contributed by atoms with Gasteiger partial charge < -0.3 is 14.2 Å². The zero-order valence-electron chi connectivity index (χ0n) is 12.2. The van der Waals surface area contributed by atoms with Crippen LogP contribution in [0.1, 0.15) is 10.4 Å². The van der Waals surface area contributed by atoms with Crippen LogP contribution >= 0.6 is 11.8 Å². The summed E-state index contributed by atoms with van der Waals surface area (Å²) in [5.41, 5.74) is 0.657. The van der Waals surface area contributed by atoms with Gasteiger partial charge in [-0.1, -0.05) is 12.1 Å². The van der Waals surface area contributed by atoms with Crippen LogP contribution in [0.5, 0.6) is 17.2 Å². The summed E-state index contributed by atoms with van der Waals surface area (Å²) in [5, 5.41) is 0. The van der Waals surface area contributed by atoms with Crippen molar-refractivity contribution in [3.63, 3.8) is 0 Å². The molecule has 1 aliphatic heterocycles. The minimum Gasteiger partial charge on any atom is -0.497 e. The topological polar surface area (TPSA) is 44.8 Å². The molecule has 0 atom stereocenters. The van der Waals surface area contributed by atoms with Crippen LogP contribution in [0.3, 0.4) is 0 Å². The Bertz CT molecular complexity index is 684. The van der Waals surface area contributed by atoms with E-state index in [9.17, 15) is 4.79 Å². The summed E-state index contributed by atoms with van der Waals surface area (Å²) in [6.07, 6.45) is 0. The standard InChI is InChI=1S/C17H16O4S/c1-19-13-4-2-3-12(9-13)15(18)11-22-14-5-6-16-17(10-14)21-8-7-20-16/h2-6,9-10H,7-8,11H2,1H3. The first-order chi connectivity index (χ1) is 10.8. The van der Waals surface area contributed by atoms with E-state index in [0.29, 0.717) is 30.3 Å². The fraction of sp³-hybridized carbons (Fsp3) is 0.235. The van der Waals surface area contributed by atoms with Crippen molar-refractivity contribution in [3.05, 3.63) is 48.0 Å². The van der Waals surface area contributed by atoms with Crippen LogP contribution in [0, 0.1) is 0 Å². The lowest BCUT2D eigenvalue weighted by atomic mass is 10.1. The Balaban J connectivity index is 1.65. The molecule has 2 aromatic carbocycles. The van der Waals surface area contributed by atoms with Gasteiger partial charge in [-0.05, 0) is 30.3 Å². The van der Waals surface area contributed by atoms with Crippen LogP contribution in [-0.2, 0) is 0 Å². The molecular weight excluding hydrogens is 300 g/mol. The van der Waals surface area contributed by atoms with Crippen molar-refractivity contribution in [2.75, 3.05) is 26.1 Å². The minimum absolute atomic E-state index is 0.0683. The third-order valence-electron chi connectivity index (χ3n) is 3.28. The number of fused-ring (bicyclic) bond motifs is 1. The smallest absolute Gasteiger partial charge is 0.173 e. The maximum absolute atomic E-state index is 12.2. The van der Waals surface area contributed by atoms with Crippen LogP contribution in [0.2, 0.25) is 0 Å². The SMILES string of the molecule is COc1cccc(C(=O)CSc2ccc3c(c2)OCCO3)c1. The minimum atomic E-state index is 0.0683. The van der Waals surface area contributed by atoms with Gasteiger partial charge in [0.1, 0.15) is 19.0 Å². The predicted molar refractivity (Wildman–Crippen MR) is 85.5 cm³/mol. The fourth-order valence-electron chi connectivity index (χ4n) is 2.14. The molecule has 0 aromatic heterocycles. The molecule has 0 bridgehead atoms. The van der Waals surface area contributed by atoms with Gasteiger partial charge in [-0.25, -0.2) is 0 Å². The maximum Gasteiger partial charge on any atom is 0.173 e. The summed E-state index contributed by atoms with van der Waals surface area (Å²) >= 11 is 1.48. The molecule has 114 valence electrons. The molecule has 0 fully saturated rings. The zero-order valence-corrected chi connectivity index (χ0v) is 13.0. The molecule has 3 rings (SSSR count). The van der Waals surface area contributed by atoms with Crippen molar-refractivity contribution in [1.29, 1.82) is 0 Å². The first-order valence-corrected chi connectivity index (χ1v) is 7.94. The van der Waals surface area contributed by atoms with E-state index in [-0.39, 0.29) is 5.78 Å². The second-order valence-electron chi connectivity index (χ2n) is 4.75. The van der Waals surface area contributed by atoms with Gasteiger partial charge in [-0.3, -0.25) is 4.79 Å². The van der Waals surface area contributed by atoms with Crippen LogP contribution < -0.4 is 14.2 Å². The number of methoxy groups -OCH3 is 1. The van der Waals surface area contributed by atoms with Crippen molar-refractivity contribution >= 4 is 17.5 Å². The number of ketones is 1. The Labute approximate surface area is 133 Å². The molecule has 0 unspecified atom stereocenters. The number of hydrogen-bond donors (Lipinski definition) is 0. The Hall–Kier alpha value is -2.14. The highest BCUT2D eigenvalue weighted by Crippen LogP contribution is 2.34. The molecule has 5 heteroatoms. The molecule has 0 radical (unpaired) electrons. The predicted octanol–water partition coefficient (Wildman–Crippen LogP) is 3.44. The lowest BCUT2D eigenvalue weighted by molar-refractivity contribution is 0.102. The van der Waals surface area contributed by atoms with Crippen LogP contribution in [0.4, 0.5) is 0 Å². The highest BCUT2D eigenvalue weighted by atomic mass is 32.2. The van der Waals surface area contributed by atoms with Gasteiger partial charge in [0, 0.05) is 10.5 Å². The number of thioether (sulfide) groups is 1. The van der Waals surface area contributed by atoms with Crippen LogP contribution in [0.25, 0.3) is 0 Å². The van der Waals surface area contributed by atoms with Gasteiger partial charge in [0.25, 0.3) is 0 Å². The summed E-state index contributed by atoms with van der Waals surface area (Å²) < 4.78 is 16.2. The Kier molecular flexibility index (Phi) is 4.53. The maximum atomic E-state index is 12.2. The van der Waals surface area contributed by atoms with Crippen LogP contribution in [0.15, 0.2) is 47.4 Å². The van der Waals surface area contributed by atoms with E-state index in [1.807, 2.05) is 30.3 Å². The van der Waals surface area contributed by atoms with Gasteiger partial charge in [-0.2, -0.15) is 0 Å². The highest BCUT2D eigenvalue weighted by Gasteiger charge is 2.13. The molecule has 0 amide bonds. The first-order valence-electron chi connectivity index (χ1n) is 6.96. The fourth-order valence-corrected chi connectivity index (χ4v) is 2.96. The van der Waals surface area contributed by atoms with Gasteiger partial charge in [-0.15, -0.1) is 11.8 Å². The number of ether oxygens (including phenoxy) is 3. The lowest BCUT2D eigenvalue weighted by Gasteiger charge is -2.18. The van der Waals surface area contributed by atoms with Crippen molar-refractivity contribution in [3.8, 4) is 17.2 Å². The molecule has 2 aromatic rings. The van der Waals surface area contributed by atoms with E-state index in [4.69, 9.17) is 14.2 Å². The second kappa shape index (κ2) is 6.75. The third kappa shape index (κ3) is 3.36. The monoisotopic (exact) mass is 316 g/mol.